The van der Waals surface area contributed by atoms with Crippen molar-refractivity contribution in [3.8, 4) is 5.75 Å². The zero-order chi connectivity index (χ0) is 15.2. The van der Waals surface area contributed by atoms with E-state index in [9.17, 15) is 9.90 Å². The van der Waals surface area contributed by atoms with Crippen LogP contribution in [0.2, 0.25) is 0 Å². The van der Waals surface area contributed by atoms with Crippen molar-refractivity contribution < 1.29 is 14.6 Å². The number of nitrogens with one attached hydrogen (secondary N) is 1. The lowest BCUT2D eigenvalue weighted by Crippen LogP contribution is -2.33. The second kappa shape index (κ2) is 7.77. The fourth-order valence-electron chi connectivity index (χ4n) is 2.40. The van der Waals surface area contributed by atoms with Gasteiger partial charge in [0.1, 0.15) is 5.75 Å². The molecule has 4 N–H and O–H groups in total. The molecule has 6 heteroatoms. The van der Waals surface area contributed by atoms with Crippen LogP contribution in [0.4, 0.5) is 0 Å². The molecule has 0 bridgehead atoms. The molecule has 0 aromatic heterocycles. The Kier molecular flexibility index (Phi) is 6.02. The maximum absolute atomic E-state index is 11.9. The van der Waals surface area contributed by atoms with Crippen LogP contribution in [0.5, 0.6) is 5.75 Å². The summed E-state index contributed by atoms with van der Waals surface area (Å²) in [6.45, 7) is 0.951. The summed E-state index contributed by atoms with van der Waals surface area (Å²) in [5.41, 5.74) is 6.27. The number of aromatic hydroxyl groups is 1. The Morgan fingerprint density at radius 3 is 2.76 bits per heavy atom. The zero-order valence-corrected chi connectivity index (χ0v) is 13.4. The number of rotatable bonds is 5. The molecule has 0 aliphatic heterocycles. The van der Waals surface area contributed by atoms with Crippen LogP contribution in [0.1, 0.15) is 36.0 Å². The Morgan fingerprint density at radius 1 is 1.38 bits per heavy atom. The Balaban J connectivity index is 1.68. The molecule has 0 spiro atoms. The van der Waals surface area contributed by atoms with Crippen LogP contribution < -0.4 is 11.1 Å². The predicted molar refractivity (Wildman–Crippen MR) is 84.3 cm³/mol. The largest absolute Gasteiger partial charge is 0.507 e. The van der Waals surface area contributed by atoms with Crippen LogP contribution in [0.15, 0.2) is 22.7 Å². The minimum atomic E-state index is -0.216. The molecule has 0 radical (unpaired) electrons. The van der Waals surface area contributed by atoms with Crippen molar-refractivity contribution in [2.75, 3.05) is 13.2 Å². The maximum Gasteiger partial charge on any atom is 0.251 e. The topological polar surface area (TPSA) is 84.6 Å². The van der Waals surface area contributed by atoms with E-state index >= 15 is 0 Å². The lowest BCUT2D eigenvalue weighted by atomic mass is 9.94. The predicted octanol–water partition coefficient (Wildman–Crippen LogP) is 2.17. The molecule has 1 aliphatic carbocycles. The summed E-state index contributed by atoms with van der Waals surface area (Å²) in [4.78, 5) is 11.9. The van der Waals surface area contributed by atoms with Gasteiger partial charge in [0.2, 0.25) is 0 Å². The number of phenolic OH excluding ortho intramolecular Hbond substituents is 1. The molecule has 1 aliphatic rings. The quantitative estimate of drug-likeness (QED) is 0.705. The Bertz CT molecular complexity index is 488. The highest BCUT2D eigenvalue weighted by Crippen LogP contribution is 2.24. The Labute approximate surface area is 133 Å². The van der Waals surface area contributed by atoms with Crippen LogP contribution >= 0.6 is 15.9 Å². The summed E-state index contributed by atoms with van der Waals surface area (Å²) in [6, 6.07) is 5.05. The third-order valence-corrected chi connectivity index (χ3v) is 4.34. The standard InChI is InChI=1S/C15H21BrN2O3/c16-13-6-1-10(9-14(13)19)15(20)18-7-8-21-12-4-2-11(17)3-5-12/h1,6,9,11-12,19H,2-5,7-8,17H2,(H,18,20). The molecule has 1 saturated carbocycles. The van der Waals surface area contributed by atoms with Gasteiger partial charge in [0, 0.05) is 18.2 Å². The van der Waals surface area contributed by atoms with E-state index in [0.717, 1.165) is 25.7 Å². The fourth-order valence-corrected chi connectivity index (χ4v) is 2.65. The van der Waals surface area contributed by atoms with Gasteiger partial charge in [0.25, 0.3) is 5.91 Å². The molecule has 1 amide bonds. The molecule has 21 heavy (non-hydrogen) atoms. The fraction of sp³-hybridized carbons (Fsp3) is 0.533. The van der Waals surface area contributed by atoms with E-state index in [1.165, 1.54) is 6.07 Å². The number of hydrogen-bond acceptors (Lipinski definition) is 4. The SMILES string of the molecule is NC1CCC(OCCNC(=O)c2ccc(Br)c(O)c2)CC1. The highest BCUT2D eigenvalue weighted by Gasteiger charge is 2.18. The number of carbonyl (C=O) groups is 1. The van der Waals surface area contributed by atoms with E-state index in [1.807, 2.05) is 0 Å². The third-order valence-electron chi connectivity index (χ3n) is 3.67. The number of hydrogen-bond donors (Lipinski definition) is 3. The van der Waals surface area contributed by atoms with Gasteiger partial charge < -0.3 is 20.9 Å². The number of amides is 1. The van der Waals surface area contributed by atoms with Gasteiger partial charge in [-0.3, -0.25) is 4.79 Å². The van der Waals surface area contributed by atoms with Crippen LogP contribution in [-0.4, -0.2) is 36.3 Å². The van der Waals surface area contributed by atoms with E-state index in [-0.39, 0.29) is 17.8 Å². The highest BCUT2D eigenvalue weighted by molar-refractivity contribution is 9.10. The van der Waals surface area contributed by atoms with E-state index in [2.05, 4.69) is 21.2 Å². The van der Waals surface area contributed by atoms with Gasteiger partial charge in [-0.15, -0.1) is 0 Å². The van der Waals surface area contributed by atoms with Crippen molar-refractivity contribution in [3.05, 3.63) is 28.2 Å². The molecular formula is C15H21BrN2O3. The number of carbonyl (C=O) groups excluding carboxylic acids is 1. The van der Waals surface area contributed by atoms with Crippen LogP contribution in [-0.2, 0) is 4.74 Å². The van der Waals surface area contributed by atoms with Crippen LogP contribution in [0.25, 0.3) is 0 Å². The van der Waals surface area contributed by atoms with E-state index in [0.29, 0.717) is 29.2 Å². The van der Waals surface area contributed by atoms with Crippen molar-refractivity contribution in [2.45, 2.75) is 37.8 Å². The average molecular weight is 357 g/mol. The molecule has 0 saturated heterocycles. The molecule has 1 aromatic carbocycles. The van der Waals surface area contributed by atoms with Gasteiger partial charge in [-0.05, 0) is 59.8 Å². The van der Waals surface area contributed by atoms with E-state index in [4.69, 9.17) is 10.5 Å². The molecule has 5 nitrogen and oxygen atoms in total. The average Bonchev–Trinajstić information content (AvgIpc) is 2.48. The summed E-state index contributed by atoms with van der Waals surface area (Å²) >= 11 is 3.18. The monoisotopic (exact) mass is 356 g/mol. The smallest absolute Gasteiger partial charge is 0.251 e. The minimum absolute atomic E-state index is 0.0532. The first-order chi connectivity index (χ1) is 10.1. The molecule has 116 valence electrons. The van der Waals surface area contributed by atoms with E-state index in [1.54, 1.807) is 12.1 Å². The summed E-state index contributed by atoms with van der Waals surface area (Å²) in [6.07, 6.45) is 4.27. The van der Waals surface area contributed by atoms with Crippen molar-refractivity contribution in [1.82, 2.24) is 5.32 Å². The van der Waals surface area contributed by atoms with Crippen LogP contribution in [0, 0.1) is 0 Å². The number of benzene rings is 1. The number of phenols is 1. The molecule has 1 fully saturated rings. The van der Waals surface area contributed by atoms with Gasteiger partial charge in [-0.2, -0.15) is 0 Å². The van der Waals surface area contributed by atoms with Crippen LogP contribution in [0.3, 0.4) is 0 Å². The summed E-state index contributed by atoms with van der Waals surface area (Å²) < 4.78 is 6.30. The Morgan fingerprint density at radius 2 is 2.10 bits per heavy atom. The second-order valence-electron chi connectivity index (χ2n) is 5.33. The first-order valence-corrected chi connectivity index (χ1v) is 7.99. The van der Waals surface area contributed by atoms with Crippen molar-refractivity contribution in [3.63, 3.8) is 0 Å². The zero-order valence-electron chi connectivity index (χ0n) is 11.8. The summed E-state index contributed by atoms with van der Waals surface area (Å²) in [5, 5.41) is 12.3. The number of halogens is 1. The van der Waals surface area contributed by atoms with Gasteiger partial charge >= 0.3 is 0 Å². The molecule has 1 aromatic rings. The molecule has 0 atom stereocenters. The lowest BCUT2D eigenvalue weighted by Gasteiger charge is -2.26. The van der Waals surface area contributed by atoms with Gasteiger partial charge in [0.05, 0.1) is 17.2 Å². The number of nitrogens with two attached hydrogens (primary N) is 1. The van der Waals surface area contributed by atoms with Crippen molar-refractivity contribution in [2.24, 2.45) is 5.73 Å². The van der Waals surface area contributed by atoms with Gasteiger partial charge in [0.15, 0.2) is 0 Å². The first kappa shape index (κ1) is 16.3. The minimum Gasteiger partial charge on any atom is -0.507 e. The molecule has 0 heterocycles. The highest BCUT2D eigenvalue weighted by atomic mass is 79.9. The third kappa shape index (κ3) is 4.98. The maximum atomic E-state index is 11.9. The molecule has 0 unspecified atom stereocenters. The van der Waals surface area contributed by atoms with Gasteiger partial charge in [-0.1, -0.05) is 0 Å². The Hall–Kier alpha value is -1.11. The summed E-state index contributed by atoms with van der Waals surface area (Å²) in [5.74, 6) is -0.162. The molecule has 2 rings (SSSR count). The normalized spacial score (nSPS) is 22.0. The summed E-state index contributed by atoms with van der Waals surface area (Å²) in [7, 11) is 0. The van der Waals surface area contributed by atoms with Gasteiger partial charge in [-0.25, -0.2) is 0 Å². The van der Waals surface area contributed by atoms with Crippen molar-refractivity contribution >= 4 is 21.8 Å². The second-order valence-corrected chi connectivity index (χ2v) is 6.18. The van der Waals surface area contributed by atoms with E-state index < -0.39 is 0 Å². The lowest BCUT2D eigenvalue weighted by molar-refractivity contribution is 0.0267. The first-order valence-electron chi connectivity index (χ1n) is 7.20. The number of ether oxygens (including phenoxy) is 1. The molecular weight excluding hydrogens is 336 g/mol. The van der Waals surface area contributed by atoms with Crippen molar-refractivity contribution in [1.29, 1.82) is 0 Å².